The van der Waals surface area contributed by atoms with Crippen LogP contribution in [0.4, 0.5) is 13.6 Å². The van der Waals surface area contributed by atoms with Crippen molar-refractivity contribution in [3.63, 3.8) is 0 Å². The molecule has 9 heteroatoms. The third-order valence-electron chi connectivity index (χ3n) is 5.83. The molecule has 2 amide bonds. The van der Waals surface area contributed by atoms with E-state index in [1.165, 1.54) is 0 Å². The van der Waals surface area contributed by atoms with E-state index in [4.69, 9.17) is 4.74 Å². The van der Waals surface area contributed by atoms with Crippen LogP contribution in [0.25, 0.3) is 0 Å². The molecule has 0 unspecified atom stereocenters. The Labute approximate surface area is 180 Å². The van der Waals surface area contributed by atoms with Crippen LogP contribution in [-0.4, -0.2) is 75.5 Å². The third-order valence-corrected chi connectivity index (χ3v) is 5.83. The number of halogens is 2. The highest BCUT2D eigenvalue weighted by molar-refractivity contribution is 5.81. The maximum atomic E-state index is 14.1. The SMILES string of the molecule is CC(C)(C)OC(=O)N1CC[C@@H](C(=O)N2CCC(O)(O)C(F)(F)C2)[C@H](c2ccccc2)C1. The number of benzene rings is 1. The van der Waals surface area contributed by atoms with Gasteiger partial charge in [0.05, 0.1) is 6.54 Å². The van der Waals surface area contributed by atoms with E-state index in [0.717, 1.165) is 10.5 Å². The number of hydrogen-bond donors (Lipinski definition) is 2. The molecule has 2 aliphatic heterocycles. The zero-order valence-electron chi connectivity index (χ0n) is 18.1. The van der Waals surface area contributed by atoms with Gasteiger partial charge in [-0.15, -0.1) is 0 Å². The molecular weight excluding hydrogens is 410 g/mol. The Hall–Kier alpha value is -2.26. The van der Waals surface area contributed by atoms with Gasteiger partial charge in [0.15, 0.2) is 0 Å². The van der Waals surface area contributed by atoms with Gasteiger partial charge in [-0.2, -0.15) is 8.78 Å². The molecule has 2 atom stereocenters. The minimum Gasteiger partial charge on any atom is -0.444 e. The summed E-state index contributed by atoms with van der Waals surface area (Å²) in [5.74, 6) is -8.41. The highest BCUT2D eigenvalue weighted by Gasteiger charge is 2.57. The number of likely N-dealkylation sites (tertiary alicyclic amines) is 2. The zero-order chi connectivity index (χ0) is 23.0. The zero-order valence-corrected chi connectivity index (χ0v) is 18.1. The van der Waals surface area contributed by atoms with Crippen LogP contribution < -0.4 is 0 Å². The molecular formula is C22H30F2N2O5. The van der Waals surface area contributed by atoms with Crippen LogP contribution in [0.3, 0.4) is 0 Å². The van der Waals surface area contributed by atoms with Crippen molar-refractivity contribution in [2.75, 3.05) is 26.2 Å². The topological polar surface area (TPSA) is 90.3 Å². The summed E-state index contributed by atoms with van der Waals surface area (Å²) >= 11 is 0. The number of hydrogen-bond acceptors (Lipinski definition) is 5. The van der Waals surface area contributed by atoms with Gasteiger partial charge in [0.25, 0.3) is 0 Å². The Kier molecular flexibility index (Phi) is 6.30. The van der Waals surface area contributed by atoms with Crippen molar-refractivity contribution < 1.29 is 33.3 Å². The number of ether oxygens (including phenoxy) is 1. The summed E-state index contributed by atoms with van der Waals surface area (Å²) in [6, 6.07) is 9.18. The lowest BCUT2D eigenvalue weighted by molar-refractivity contribution is -0.315. The summed E-state index contributed by atoms with van der Waals surface area (Å²) in [6.07, 6.45) is -0.809. The van der Waals surface area contributed by atoms with Gasteiger partial charge < -0.3 is 24.7 Å². The van der Waals surface area contributed by atoms with Crippen molar-refractivity contribution in [1.82, 2.24) is 9.80 Å². The first-order valence-corrected chi connectivity index (χ1v) is 10.4. The van der Waals surface area contributed by atoms with Gasteiger partial charge in [0, 0.05) is 37.9 Å². The maximum Gasteiger partial charge on any atom is 0.410 e. The summed E-state index contributed by atoms with van der Waals surface area (Å²) in [5, 5.41) is 19.1. The van der Waals surface area contributed by atoms with Crippen LogP contribution in [0.2, 0.25) is 0 Å². The summed E-state index contributed by atoms with van der Waals surface area (Å²) in [7, 11) is 0. The lowest BCUT2D eigenvalue weighted by Gasteiger charge is -2.44. The van der Waals surface area contributed by atoms with Gasteiger partial charge in [-0.3, -0.25) is 4.79 Å². The van der Waals surface area contributed by atoms with Crippen LogP contribution >= 0.6 is 0 Å². The average molecular weight is 440 g/mol. The molecule has 2 aliphatic rings. The van der Waals surface area contributed by atoms with E-state index in [0.29, 0.717) is 6.42 Å². The summed E-state index contributed by atoms with van der Waals surface area (Å²) in [5.41, 5.74) is 0.170. The Morgan fingerprint density at radius 1 is 1.10 bits per heavy atom. The van der Waals surface area contributed by atoms with Gasteiger partial charge in [-0.1, -0.05) is 30.3 Å². The molecule has 2 N–H and O–H groups in total. The van der Waals surface area contributed by atoms with Crippen molar-refractivity contribution in [2.45, 2.75) is 56.8 Å². The molecule has 0 aromatic heterocycles. The second-order valence-electron chi connectivity index (χ2n) is 9.37. The Balaban J connectivity index is 1.81. The summed E-state index contributed by atoms with van der Waals surface area (Å²) in [4.78, 5) is 28.4. The van der Waals surface area contributed by atoms with Gasteiger partial charge in [-0.05, 0) is 32.8 Å². The Morgan fingerprint density at radius 2 is 1.74 bits per heavy atom. The molecule has 1 aromatic carbocycles. The first kappa shape index (κ1) is 23.4. The van der Waals surface area contributed by atoms with Crippen LogP contribution in [-0.2, 0) is 9.53 Å². The van der Waals surface area contributed by atoms with E-state index >= 15 is 0 Å². The number of carbonyl (C=O) groups excluding carboxylic acids is 2. The lowest BCUT2D eigenvalue weighted by atomic mass is 9.79. The second-order valence-corrected chi connectivity index (χ2v) is 9.37. The van der Waals surface area contributed by atoms with E-state index in [2.05, 4.69) is 0 Å². The normalized spacial score (nSPS) is 25.8. The molecule has 0 saturated carbocycles. The molecule has 31 heavy (non-hydrogen) atoms. The number of amides is 2. The molecule has 0 bridgehead atoms. The summed E-state index contributed by atoms with van der Waals surface area (Å²) in [6.45, 7) is 4.59. The van der Waals surface area contributed by atoms with Gasteiger partial charge in [0.2, 0.25) is 11.7 Å². The van der Waals surface area contributed by atoms with Crippen molar-refractivity contribution in [1.29, 1.82) is 0 Å². The van der Waals surface area contributed by atoms with Crippen molar-refractivity contribution in [2.24, 2.45) is 5.92 Å². The minimum atomic E-state index is -3.82. The number of piperidine rings is 2. The highest BCUT2D eigenvalue weighted by Crippen LogP contribution is 2.38. The van der Waals surface area contributed by atoms with Crippen LogP contribution in [0.15, 0.2) is 30.3 Å². The molecule has 0 radical (unpaired) electrons. The number of nitrogens with zero attached hydrogens (tertiary/aromatic N) is 2. The monoisotopic (exact) mass is 440 g/mol. The molecule has 2 heterocycles. The van der Waals surface area contributed by atoms with E-state index in [9.17, 15) is 28.6 Å². The fourth-order valence-corrected chi connectivity index (χ4v) is 4.12. The standard InChI is InChI=1S/C22H30F2N2O5/c1-20(2,3)31-19(28)25-11-9-16(17(13-25)15-7-5-4-6-8-15)18(27)26-12-10-22(29,30)21(23,24)14-26/h4-8,16-17,29-30H,9-14H2,1-3H3/t16-,17+/m1/s1. The molecule has 0 spiro atoms. The predicted molar refractivity (Wildman–Crippen MR) is 108 cm³/mol. The smallest absolute Gasteiger partial charge is 0.410 e. The van der Waals surface area contributed by atoms with Crippen molar-refractivity contribution in [3.05, 3.63) is 35.9 Å². The van der Waals surface area contributed by atoms with Crippen molar-refractivity contribution in [3.8, 4) is 0 Å². The van der Waals surface area contributed by atoms with E-state index in [1.54, 1.807) is 25.7 Å². The predicted octanol–water partition coefficient (Wildman–Crippen LogP) is 2.58. The first-order valence-electron chi connectivity index (χ1n) is 10.4. The van der Waals surface area contributed by atoms with Crippen molar-refractivity contribution >= 4 is 12.0 Å². The number of aliphatic hydroxyl groups is 2. The Morgan fingerprint density at radius 3 is 2.32 bits per heavy atom. The third kappa shape index (κ3) is 5.15. The molecule has 1 aromatic rings. The fourth-order valence-electron chi connectivity index (χ4n) is 4.12. The van der Waals surface area contributed by atoms with Gasteiger partial charge >= 0.3 is 12.0 Å². The Bertz CT molecular complexity index is 810. The maximum absolute atomic E-state index is 14.1. The van der Waals surface area contributed by atoms with Crippen LogP contribution in [0, 0.1) is 5.92 Å². The highest BCUT2D eigenvalue weighted by atomic mass is 19.3. The van der Waals surface area contributed by atoms with Gasteiger partial charge in [0.1, 0.15) is 5.60 Å². The van der Waals surface area contributed by atoms with Crippen LogP contribution in [0.1, 0.15) is 45.1 Å². The quantitative estimate of drug-likeness (QED) is 0.690. The molecule has 2 saturated heterocycles. The fraction of sp³-hybridized carbons (Fsp3) is 0.636. The average Bonchev–Trinajstić information content (AvgIpc) is 2.68. The molecule has 0 aliphatic carbocycles. The molecule has 172 valence electrons. The van der Waals surface area contributed by atoms with E-state index < -0.39 is 54.1 Å². The lowest BCUT2D eigenvalue weighted by Crippen LogP contribution is -2.62. The molecule has 3 rings (SSSR count). The van der Waals surface area contributed by atoms with E-state index in [1.807, 2.05) is 30.3 Å². The minimum absolute atomic E-state index is 0.171. The summed E-state index contributed by atoms with van der Waals surface area (Å²) < 4.78 is 33.7. The second kappa shape index (κ2) is 8.35. The number of rotatable bonds is 2. The van der Waals surface area contributed by atoms with Gasteiger partial charge in [-0.25, -0.2) is 4.79 Å². The first-order chi connectivity index (χ1) is 14.3. The number of alkyl halides is 2. The molecule has 2 fully saturated rings. The van der Waals surface area contributed by atoms with E-state index in [-0.39, 0.29) is 19.6 Å². The largest absolute Gasteiger partial charge is 0.444 e. The molecule has 7 nitrogen and oxygen atoms in total. The van der Waals surface area contributed by atoms with Crippen LogP contribution in [0.5, 0.6) is 0 Å². The number of carbonyl (C=O) groups is 2.